The highest BCUT2D eigenvalue weighted by molar-refractivity contribution is 5.77. The van der Waals surface area contributed by atoms with Gasteiger partial charge in [0.05, 0.1) is 29.5 Å². The summed E-state index contributed by atoms with van der Waals surface area (Å²) in [5.74, 6) is 0. The lowest BCUT2D eigenvalue weighted by Crippen LogP contribution is -2.15. The summed E-state index contributed by atoms with van der Waals surface area (Å²) in [6.45, 7) is 3.91. The van der Waals surface area contributed by atoms with Crippen molar-refractivity contribution in [1.82, 2.24) is 14.5 Å². The zero-order valence-corrected chi connectivity index (χ0v) is 12.3. The molecule has 2 heterocycles. The van der Waals surface area contributed by atoms with E-state index in [0.717, 1.165) is 0 Å². The molecule has 0 saturated heterocycles. The second-order valence-electron chi connectivity index (χ2n) is 5.04. The number of nitrogens with zero attached hydrogens (tertiary/aromatic N) is 3. The number of hydrogen-bond donors (Lipinski definition) is 2. The smallest absolute Gasteiger partial charge is 0.327 e. The first-order chi connectivity index (χ1) is 11.2. The number of aliphatic hydroxyl groups excluding tert-OH is 1. The molecule has 2 N–H and O–H groups in total. The van der Waals surface area contributed by atoms with Gasteiger partial charge in [0.25, 0.3) is 0 Å². The number of benzene rings is 1. The maximum atomic E-state index is 11.9. The van der Waals surface area contributed by atoms with Crippen molar-refractivity contribution in [2.45, 2.75) is 13.2 Å². The molecule has 0 aliphatic carbocycles. The molecule has 1 aromatic carbocycles. The maximum absolute atomic E-state index is 11.9. The molecule has 3 aromatic rings. The molecule has 0 saturated carbocycles. The van der Waals surface area contributed by atoms with E-state index < -0.39 is 0 Å². The third kappa shape index (κ3) is 2.54. The molecular formula is C17H14N4O2. The van der Waals surface area contributed by atoms with Crippen LogP contribution in [0.25, 0.3) is 22.4 Å². The molecule has 0 unspecified atom stereocenters. The van der Waals surface area contributed by atoms with Gasteiger partial charge in [-0.25, -0.2) is 9.78 Å². The summed E-state index contributed by atoms with van der Waals surface area (Å²) in [5.41, 5.74) is 3.22. The largest absolute Gasteiger partial charge is 0.392 e. The van der Waals surface area contributed by atoms with Crippen molar-refractivity contribution < 1.29 is 5.11 Å². The number of nitrogens with one attached hydrogen (secondary N) is 1. The molecule has 0 fully saturated rings. The first kappa shape index (κ1) is 14.8. The van der Waals surface area contributed by atoms with Gasteiger partial charge in [-0.3, -0.25) is 9.55 Å². The van der Waals surface area contributed by atoms with Crippen LogP contribution in [0.3, 0.4) is 0 Å². The summed E-state index contributed by atoms with van der Waals surface area (Å²) in [6, 6.07) is 10.7. The van der Waals surface area contributed by atoms with Gasteiger partial charge in [-0.2, -0.15) is 5.26 Å². The molecule has 6 heteroatoms. The van der Waals surface area contributed by atoms with Gasteiger partial charge in [-0.05, 0) is 29.8 Å². The number of imidazole rings is 1. The summed E-state index contributed by atoms with van der Waals surface area (Å²) >= 11 is 0. The van der Waals surface area contributed by atoms with Crippen LogP contribution in [0.4, 0.5) is 0 Å². The van der Waals surface area contributed by atoms with Crippen molar-refractivity contribution in [1.29, 1.82) is 5.26 Å². The van der Waals surface area contributed by atoms with E-state index in [1.807, 2.05) is 0 Å². The quantitative estimate of drug-likeness (QED) is 0.720. The summed E-state index contributed by atoms with van der Waals surface area (Å²) in [4.78, 5) is 19.1. The lowest BCUT2D eigenvalue weighted by molar-refractivity contribution is 0.282. The van der Waals surface area contributed by atoms with Gasteiger partial charge in [-0.15, -0.1) is 6.58 Å². The molecule has 0 amide bonds. The van der Waals surface area contributed by atoms with Crippen LogP contribution in [0.5, 0.6) is 0 Å². The third-order valence-corrected chi connectivity index (χ3v) is 3.61. The predicted octanol–water partition coefficient (Wildman–Crippen LogP) is 1.94. The molecule has 23 heavy (non-hydrogen) atoms. The molecule has 0 aliphatic rings. The number of hydrogen-bond acceptors (Lipinski definition) is 4. The number of aromatic nitrogens is 3. The van der Waals surface area contributed by atoms with Crippen molar-refractivity contribution in [3.8, 4) is 17.3 Å². The number of H-pyrrole nitrogens is 1. The van der Waals surface area contributed by atoms with Crippen LogP contribution >= 0.6 is 0 Å². The fraction of sp³-hybridized carbons (Fsp3) is 0.118. The van der Waals surface area contributed by atoms with E-state index in [1.54, 1.807) is 36.4 Å². The summed E-state index contributed by atoms with van der Waals surface area (Å²) in [7, 11) is 0. The Labute approximate surface area is 132 Å². The van der Waals surface area contributed by atoms with Gasteiger partial charge >= 0.3 is 5.69 Å². The fourth-order valence-electron chi connectivity index (χ4n) is 2.50. The average molecular weight is 306 g/mol. The zero-order chi connectivity index (χ0) is 16.4. The van der Waals surface area contributed by atoms with Crippen LogP contribution in [0.15, 0.2) is 47.8 Å². The normalized spacial score (nSPS) is 10.6. The highest BCUT2D eigenvalue weighted by Gasteiger charge is 2.11. The maximum Gasteiger partial charge on any atom is 0.327 e. The van der Waals surface area contributed by atoms with E-state index in [2.05, 4.69) is 22.6 Å². The molecule has 3 rings (SSSR count). The summed E-state index contributed by atoms with van der Waals surface area (Å²) < 4.78 is 1.54. The average Bonchev–Trinajstić information content (AvgIpc) is 2.89. The third-order valence-electron chi connectivity index (χ3n) is 3.61. The molecule has 0 aliphatic heterocycles. The van der Waals surface area contributed by atoms with Gasteiger partial charge in [0.1, 0.15) is 0 Å². The first-order valence-electron chi connectivity index (χ1n) is 7.02. The molecule has 0 bridgehead atoms. The molecule has 0 radical (unpaired) electrons. The highest BCUT2D eigenvalue weighted by Crippen LogP contribution is 2.24. The van der Waals surface area contributed by atoms with E-state index in [-0.39, 0.29) is 12.3 Å². The van der Waals surface area contributed by atoms with Gasteiger partial charge in [0, 0.05) is 12.1 Å². The van der Waals surface area contributed by atoms with E-state index in [9.17, 15) is 15.2 Å². The van der Waals surface area contributed by atoms with Gasteiger partial charge in [0.2, 0.25) is 0 Å². The Bertz CT molecular complexity index is 992. The van der Waals surface area contributed by atoms with Gasteiger partial charge in [0.15, 0.2) is 5.65 Å². The number of allylic oxidation sites excluding steroid dienone is 1. The summed E-state index contributed by atoms with van der Waals surface area (Å²) in [5, 5.41) is 18.5. The molecule has 2 aromatic heterocycles. The van der Waals surface area contributed by atoms with Crippen molar-refractivity contribution in [3.63, 3.8) is 0 Å². The van der Waals surface area contributed by atoms with Crippen molar-refractivity contribution in [2.75, 3.05) is 0 Å². The topological polar surface area (TPSA) is 94.7 Å². The Balaban J connectivity index is 2.20. The zero-order valence-electron chi connectivity index (χ0n) is 12.3. The second kappa shape index (κ2) is 5.91. The molecule has 0 spiro atoms. The number of pyridine rings is 1. The first-order valence-corrected chi connectivity index (χ1v) is 7.02. The predicted molar refractivity (Wildman–Crippen MR) is 86.6 cm³/mol. The van der Waals surface area contributed by atoms with E-state index in [1.165, 1.54) is 4.57 Å². The van der Waals surface area contributed by atoms with Crippen molar-refractivity contribution >= 4 is 11.2 Å². The van der Waals surface area contributed by atoms with E-state index >= 15 is 0 Å². The highest BCUT2D eigenvalue weighted by atomic mass is 16.3. The summed E-state index contributed by atoms with van der Waals surface area (Å²) in [6.07, 6.45) is 1.64. The Hall–Kier alpha value is -3.17. The van der Waals surface area contributed by atoms with Crippen LogP contribution < -0.4 is 5.69 Å². The van der Waals surface area contributed by atoms with Crippen LogP contribution in [0, 0.1) is 11.3 Å². The Morgan fingerprint density at radius 1 is 1.39 bits per heavy atom. The van der Waals surface area contributed by atoms with E-state index in [0.29, 0.717) is 40.1 Å². The van der Waals surface area contributed by atoms with E-state index in [4.69, 9.17) is 0 Å². The molecule has 114 valence electrons. The molecular weight excluding hydrogens is 292 g/mol. The Morgan fingerprint density at radius 2 is 2.22 bits per heavy atom. The Morgan fingerprint density at radius 3 is 2.91 bits per heavy atom. The minimum Gasteiger partial charge on any atom is -0.392 e. The van der Waals surface area contributed by atoms with Gasteiger partial charge < -0.3 is 5.11 Å². The lowest BCUT2D eigenvalue weighted by Gasteiger charge is -2.06. The Kier molecular flexibility index (Phi) is 3.79. The van der Waals surface area contributed by atoms with Crippen molar-refractivity contribution in [3.05, 3.63) is 64.6 Å². The van der Waals surface area contributed by atoms with Crippen LogP contribution in [-0.4, -0.2) is 19.6 Å². The SMILES string of the molecule is C=CCn1c(=O)[nH]c2nc(-c3cc(CO)ccc3C#N)ccc21. The number of fused-ring (bicyclic) bond motifs is 1. The number of aliphatic hydroxyl groups is 1. The number of aromatic amines is 1. The molecule has 0 atom stereocenters. The number of nitriles is 1. The monoisotopic (exact) mass is 306 g/mol. The number of rotatable bonds is 4. The second-order valence-corrected chi connectivity index (χ2v) is 5.04. The fourth-order valence-corrected chi connectivity index (χ4v) is 2.50. The minimum atomic E-state index is -0.255. The van der Waals surface area contributed by atoms with Crippen LogP contribution in [-0.2, 0) is 13.2 Å². The van der Waals surface area contributed by atoms with Gasteiger partial charge in [-0.1, -0.05) is 12.1 Å². The minimum absolute atomic E-state index is 0.118. The standard InChI is InChI=1S/C17H14N4O2/c1-2-7-21-15-6-5-14(19-16(15)20-17(21)23)13-8-11(10-22)3-4-12(13)9-18/h2-6,8,22H,1,7,10H2,(H,19,20,23). The molecule has 6 nitrogen and oxygen atoms in total. The van der Waals surface area contributed by atoms with Crippen molar-refractivity contribution in [2.24, 2.45) is 0 Å². The van der Waals surface area contributed by atoms with Crippen LogP contribution in [0.2, 0.25) is 0 Å². The lowest BCUT2D eigenvalue weighted by atomic mass is 10.0. The van der Waals surface area contributed by atoms with Crippen LogP contribution in [0.1, 0.15) is 11.1 Å².